The van der Waals surface area contributed by atoms with E-state index in [2.05, 4.69) is 5.32 Å². The third-order valence-corrected chi connectivity index (χ3v) is 2.40. The van der Waals surface area contributed by atoms with E-state index in [9.17, 15) is 23.3 Å². The Labute approximate surface area is 113 Å². The first kappa shape index (κ1) is 16.2. The van der Waals surface area contributed by atoms with E-state index in [-0.39, 0.29) is 18.4 Å². The van der Waals surface area contributed by atoms with E-state index in [0.717, 1.165) is 12.1 Å². The van der Waals surface area contributed by atoms with E-state index >= 15 is 0 Å². The zero-order valence-corrected chi connectivity index (χ0v) is 11.0. The fourth-order valence-electron chi connectivity index (χ4n) is 1.47. The first-order valence-electron chi connectivity index (χ1n) is 5.93. The average molecular weight is 292 g/mol. The zero-order chi connectivity index (χ0) is 15.3. The third kappa shape index (κ3) is 4.69. The van der Waals surface area contributed by atoms with Crippen LogP contribution in [0.1, 0.15) is 19.4 Å². The Morgan fingerprint density at radius 3 is 2.55 bits per heavy atom. The summed E-state index contributed by atoms with van der Waals surface area (Å²) >= 11 is 0. The molecule has 0 heterocycles. The van der Waals surface area contributed by atoms with Gasteiger partial charge in [0.05, 0.1) is 10.5 Å². The summed E-state index contributed by atoms with van der Waals surface area (Å²) in [7, 11) is 0. The molecule has 1 N–H and O–H groups in total. The Morgan fingerprint density at radius 1 is 1.40 bits per heavy atom. The van der Waals surface area contributed by atoms with Crippen LogP contribution in [0.25, 0.3) is 0 Å². The number of nitrogens with zero attached hydrogens (tertiary/aromatic N) is 1. The maximum absolute atomic E-state index is 12.5. The van der Waals surface area contributed by atoms with Gasteiger partial charge in [-0.1, -0.05) is 13.8 Å². The monoisotopic (exact) mass is 292 g/mol. The lowest BCUT2D eigenvalue weighted by Gasteiger charge is -2.11. The maximum atomic E-state index is 12.5. The molecule has 0 atom stereocenters. The highest BCUT2D eigenvalue weighted by Crippen LogP contribution is 2.35. The molecular weight excluding hydrogens is 277 g/mol. The SMILES string of the molecule is CC(C)NCCOc1ccc(C(F)(F)F)cc1[N+](=O)[O-]. The van der Waals surface area contributed by atoms with Crippen molar-refractivity contribution in [2.45, 2.75) is 26.1 Å². The molecule has 0 unspecified atom stereocenters. The fourth-order valence-corrected chi connectivity index (χ4v) is 1.47. The van der Waals surface area contributed by atoms with Crippen molar-refractivity contribution in [1.29, 1.82) is 0 Å². The largest absolute Gasteiger partial charge is 0.485 e. The van der Waals surface area contributed by atoms with E-state index in [1.165, 1.54) is 0 Å². The lowest BCUT2D eigenvalue weighted by molar-refractivity contribution is -0.386. The molecule has 1 rings (SSSR count). The summed E-state index contributed by atoms with van der Waals surface area (Å²) in [5, 5.41) is 13.8. The minimum absolute atomic E-state index is 0.129. The molecule has 0 aliphatic carbocycles. The zero-order valence-electron chi connectivity index (χ0n) is 11.0. The maximum Gasteiger partial charge on any atom is 0.416 e. The van der Waals surface area contributed by atoms with Gasteiger partial charge in [0.25, 0.3) is 0 Å². The normalized spacial score (nSPS) is 11.7. The summed E-state index contributed by atoms with van der Waals surface area (Å²) in [6.45, 7) is 4.40. The van der Waals surface area contributed by atoms with Crippen molar-refractivity contribution in [3.05, 3.63) is 33.9 Å². The van der Waals surface area contributed by atoms with Gasteiger partial charge in [0.1, 0.15) is 6.61 Å². The second-order valence-electron chi connectivity index (χ2n) is 4.39. The van der Waals surface area contributed by atoms with Crippen molar-refractivity contribution >= 4 is 5.69 Å². The summed E-state index contributed by atoms with van der Waals surface area (Å²) in [5.74, 6) is -0.173. The Kier molecular flexibility index (Phi) is 5.32. The molecule has 0 fully saturated rings. The topological polar surface area (TPSA) is 64.4 Å². The van der Waals surface area contributed by atoms with Crippen molar-refractivity contribution in [3.63, 3.8) is 0 Å². The van der Waals surface area contributed by atoms with E-state index < -0.39 is 22.4 Å². The fraction of sp³-hybridized carbons (Fsp3) is 0.500. The van der Waals surface area contributed by atoms with Gasteiger partial charge in [0.2, 0.25) is 0 Å². The molecule has 0 saturated heterocycles. The van der Waals surface area contributed by atoms with Gasteiger partial charge in [-0.2, -0.15) is 13.2 Å². The highest BCUT2D eigenvalue weighted by Gasteiger charge is 2.33. The van der Waals surface area contributed by atoms with Crippen LogP contribution in [0.5, 0.6) is 5.75 Å². The van der Waals surface area contributed by atoms with Crippen LogP contribution in [0.4, 0.5) is 18.9 Å². The number of rotatable bonds is 6. The molecular formula is C12H15F3N2O3. The van der Waals surface area contributed by atoms with Gasteiger partial charge < -0.3 is 10.1 Å². The number of halogens is 3. The molecule has 8 heteroatoms. The summed E-state index contributed by atoms with van der Waals surface area (Å²) < 4.78 is 42.6. The Hall–Kier alpha value is -1.83. The smallest absolute Gasteiger partial charge is 0.416 e. The predicted octanol–water partition coefficient (Wildman–Crippen LogP) is 2.99. The van der Waals surface area contributed by atoms with Gasteiger partial charge in [0.15, 0.2) is 5.75 Å². The quantitative estimate of drug-likeness (QED) is 0.497. The number of benzene rings is 1. The molecule has 0 aliphatic rings. The standard InChI is InChI=1S/C12H15F3N2O3/c1-8(2)16-5-6-20-11-4-3-9(12(13,14)15)7-10(11)17(18)19/h3-4,7-8,16H,5-6H2,1-2H3. The molecule has 0 amide bonds. The van der Waals surface area contributed by atoms with Crippen LogP contribution in [0, 0.1) is 10.1 Å². The van der Waals surface area contributed by atoms with Gasteiger partial charge in [0, 0.05) is 18.7 Å². The number of nitrogens with one attached hydrogen (secondary N) is 1. The lowest BCUT2D eigenvalue weighted by atomic mass is 10.2. The summed E-state index contributed by atoms with van der Waals surface area (Å²) in [5.41, 5.74) is -1.76. The van der Waals surface area contributed by atoms with E-state index in [1.54, 1.807) is 0 Å². The Morgan fingerprint density at radius 2 is 2.05 bits per heavy atom. The van der Waals surface area contributed by atoms with E-state index in [1.807, 2.05) is 13.8 Å². The number of nitro benzene ring substituents is 1. The molecule has 1 aromatic rings. The van der Waals surface area contributed by atoms with Gasteiger partial charge in [-0.25, -0.2) is 0 Å². The van der Waals surface area contributed by atoms with Crippen LogP contribution >= 0.6 is 0 Å². The first-order chi connectivity index (χ1) is 9.21. The molecule has 0 aliphatic heterocycles. The number of nitro groups is 1. The van der Waals surface area contributed by atoms with Crippen LogP contribution in [0.3, 0.4) is 0 Å². The highest BCUT2D eigenvalue weighted by atomic mass is 19.4. The minimum Gasteiger partial charge on any atom is -0.485 e. The van der Waals surface area contributed by atoms with Crippen molar-refractivity contribution in [3.8, 4) is 5.75 Å². The minimum atomic E-state index is -4.62. The van der Waals surface area contributed by atoms with Crippen LogP contribution in [-0.2, 0) is 6.18 Å². The number of hydrogen-bond donors (Lipinski definition) is 1. The van der Waals surface area contributed by atoms with Crippen LogP contribution < -0.4 is 10.1 Å². The molecule has 0 radical (unpaired) electrons. The second kappa shape index (κ2) is 6.56. The third-order valence-electron chi connectivity index (χ3n) is 2.40. The van der Waals surface area contributed by atoms with Crippen LogP contribution in [0.15, 0.2) is 18.2 Å². The molecule has 0 bridgehead atoms. The second-order valence-corrected chi connectivity index (χ2v) is 4.39. The lowest BCUT2D eigenvalue weighted by Crippen LogP contribution is -2.27. The van der Waals surface area contributed by atoms with Crippen LogP contribution in [0.2, 0.25) is 0 Å². The van der Waals surface area contributed by atoms with Crippen molar-refractivity contribution < 1.29 is 22.8 Å². The van der Waals surface area contributed by atoms with Gasteiger partial charge >= 0.3 is 11.9 Å². The molecule has 1 aromatic carbocycles. The molecule has 0 saturated carbocycles. The summed E-state index contributed by atoms with van der Waals surface area (Å²) in [6.07, 6.45) is -4.62. The predicted molar refractivity (Wildman–Crippen MR) is 66.7 cm³/mol. The highest BCUT2D eigenvalue weighted by molar-refractivity contribution is 5.49. The summed E-state index contributed by atoms with van der Waals surface area (Å²) in [6, 6.07) is 2.43. The average Bonchev–Trinajstić information content (AvgIpc) is 2.33. The molecule has 5 nitrogen and oxygen atoms in total. The van der Waals surface area contributed by atoms with E-state index in [4.69, 9.17) is 4.74 Å². The van der Waals surface area contributed by atoms with Crippen LogP contribution in [-0.4, -0.2) is 24.1 Å². The van der Waals surface area contributed by atoms with E-state index in [0.29, 0.717) is 12.6 Å². The molecule has 20 heavy (non-hydrogen) atoms. The Bertz CT molecular complexity index is 476. The van der Waals surface area contributed by atoms with Gasteiger partial charge in [-0.05, 0) is 12.1 Å². The number of alkyl halides is 3. The first-order valence-corrected chi connectivity index (χ1v) is 5.93. The molecule has 0 spiro atoms. The van der Waals surface area contributed by atoms with Crippen molar-refractivity contribution in [1.82, 2.24) is 5.32 Å². The summed E-state index contributed by atoms with van der Waals surface area (Å²) in [4.78, 5) is 9.90. The number of hydrogen-bond acceptors (Lipinski definition) is 4. The van der Waals surface area contributed by atoms with Crippen molar-refractivity contribution in [2.75, 3.05) is 13.2 Å². The van der Waals surface area contributed by atoms with Gasteiger partial charge in [-0.15, -0.1) is 0 Å². The number of ether oxygens (including phenoxy) is 1. The molecule has 112 valence electrons. The van der Waals surface area contributed by atoms with Gasteiger partial charge in [-0.3, -0.25) is 10.1 Å². The van der Waals surface area contributed by atoms with Crippen molar-refractivity contribution in [2.24, 2.45) is 0 Å². The Balaban J connectivity index is 2.83. The molecule has 0 aromatic heterocycles.